The van der Waals surface area contributed by atoms with E-state index in [1.54, 1.807) is 30.5 Å². The number of hydrogen-bond donors (Lipinski definition) is 9. The first kappa shape index (κ1) is 29.7. The van der Waals surface area contributed by atoms with Gasteiger partial charge in [-0.2, -0.15) is 0 Å². The van der Waals surface area contributed by atoms with Crippen molar-refractivity contribution >= 4 is 46.5 Å². The SMILES string of the molecule is NC(=O)CC(NC(=O)C(Cc1c[nH]c2ccccc12)NC(=O)C(CO)NC(=O)C(N)CCC(=O)O)C(=O)O. The first-order valence-electron chi connectivity index (χ1n) is 11.5. The quantitative estimate of drug-likeness (QED) is 0.114. The predicted octanol–water partition coefficient (Wildman–Crippen LogP) is -2.69. The Kier molecular flexibility index (Phi) is 10.7. The summed E-state index contributed by atoms with van der Waals surface area (Å²) < 4.78 is 0. The highest BCUT2D eigenvalue weighted by Gasteiger charge is 2.31. The Bertz CT molecular complexity index is 1200. The molecule has 4 atom stereocenters. The van der Waals surface area contributed by atoms with E-state index in [4.69, 9.17) is 16.6 Å². The van der Waals surface area contributed by atoms with Crippen molar-refractivity contribution in [3.05, 3.63) is 36.0 Å². The molecule has 38 heavy (non-hydrogen) atoms. The number of H-pyrrole nitrogens is 1. The Balaban J connectivity index is 2.24. The van der Waals surface area contributed by atoms with Gasteiger partial charge in [0.05, 0.1) is 19.1 Å². The Morgan fingerprint density at radius 1 is 0.895 bits per heavy atom. The number of aliphatic hydroxyl groups is 1. The summed E-state index contributed by atoms with van der Waals surface area (Å²) in [6, 6.07) is 1.19. The summed E-state index contributed by atoms with van der Waals surface area (Å²) in [6.07, 6.45) is 0.158. The van der Waals surface area contributed by atoms with E-state index in [1.807, 2.05) is 0 Å². The Morgan fingerprint density at radius 2 is 1.50 bits per heavy atom. The number of carbonyl (C=O) groups excluding carboxylic acids is 4. The molecule has 4 amide bonds. The van der Waals surface area contributed by atoms with E-state index in [2.05, 4.69) is 20.9 Å². The van der Waals surface area contributed by atoms with Crippen LogP contribution in [0, 0.1) is 0 Å². The molecule has 0 aliphatic heterocycles. The first-order chi connectivity index (χ1) is 17.9. The van der Waals surface area contributed by atoms with Gasteiger partial charge in [-0.1, -0.05) is 18.2 Å². The molecular weight excluding hydrogens is 504 g/mol. The van der Waals surface area contributed by atoms with Crippen molar-refractivity contribution in [2.75, 3.05) is 6.61 Å². The average Bonchev–Trinajstić information content (AvgIpc) is 3.27. The van der Waals surface area contributed by atoms with Crippen molar-refractivity contribution in [1.82, 2.24) is 20.9 Å². The molecule has 0 aliphatic rings. The lowest BCUT2D eigenvalue weighted by atomic mass is 10.0. The highest BCUT2D eigenvalue weighted by molar-refractivity contribution is 5.95. The monoisotopic (exact) mass is 534 g/mol. The summed E-state index contributed by atoms with van der Waals surface area (Å²) in [4.78, 5) is 74.7. The summed E-state index contributed by atoms with van der Waals surface area (Å²) in [5.74, 6) is -6.52. The fraction of sp³-hybridized carbons (Fsp3) is 0.391. The second-order valence-electron chi connectivity index (χ2n) is 8.48. The summed E-state index contributed by atoms with van der Waals surface area (Å²) in [5, 5.41) is 35.2. The molecule has 1 aromatic heterocycles. The van der Waals surface area contributed by atoms with Crippen molar-refractivity contribution in [1.29, 1.82) is 0 Å². The summed E-state index contributed by atoms with van der Waals surface area (Å²) >= 11 is 0. The van der Waals surface area contributed by atoms with Crippen LogP contribution in [0.5, 0.6) is 0 Å². The van der Waals surface area contributed by atoms with E-state index < -0.39 is 79.2 Å². The van der Waals surface area contributed by atoms with Crippen LogP contribution < -0.4 is 27.4 Å². The number of carbonyl (C=O) groups is 6. The van der Waals surface area contributed by atoms with Crippen LogP contribution in [0.15, 0.2) is 30.5 Å². The van der Waals surface area contributed by atoms with Crippen molar-refractivity contribution in [3.63, 3.8) is 0 Å². The largest absolute Gasteiger partial charge is 0.481 e. The van der Waals surface area contributed by atoms with Crippen LogP contribution >= 0.6 is 0 Å². The Hall–Kier alpha value is -4.50. The Morgan fingerprint density at radius 3 is 2.11 bits per heavy atom. The van der Waals surface area contributed by atoms with Crippen LogP contribution in [-0.2, 0) is 35.2 Å². The van der Waals surface area contributed by atoms with Gasteiger partial charge in [0, 0.05) is 29.9 Å². The molecule has 11 N–H and O–H groups in total. The number of para-hydroxylation sites is 1. The van der Waals surface area contributed by atoms with Gasteiger partial charge in [-0.25, -0.2) is 4.79 Å². The molecule has 0 radical (unpaired) electrons. The number of amides is 4. The van der Waals surface area contributed by atoms with E-state index in [1.165, 1.54) is 0 Å². The molecule has 0 saturated heterocycles. The third-order valence-electron chi connectivity index (χ3n) is 5.57. The van der Waals surface area contributed by atoms with Crippen molar-refractivity contribution in [2.24, 2.45) is 11.5 Å². The molecule has 4 unspecified atom stereocenters. The minimum absolute atomic E-state index is 0.130. The lowest BCUT2D eigenvalue weighted by Crippen LogP contribution is -2.58. The molecule has 0 bridgehead atoms. The molecule has 1 aromatic carbocycles. The van der Waals surface area contributed by atoms with Gasteiger partial charge >= 0.3 is 11.9 Å². The third kappa shape index (κ3) is 8.56. The number of primary amides is 1. The average molecular weight is 535 g/mol. The maximum Gasteiger partial charge on any atom is 0.326 e. The van der Waals surface area contributed by atoms with Crippen LogP contribution in [0.1, 0.15) is 24.8 Å². The number of nitrogens with one attached hydrogen (secondary N) is 4. The van der Waals surface area contributed by atoms with Crippen molar-refractivity contribution in [3.8, 4) is 0 Å². The van der Waals surface area contributed by atoms with E-state index in [0.29, 0.717) is 5.56 Å². The highest BCUT2D eigenvalue weighted by atomic mass is 16.4. The minimum Gasteiger partial charge on any atom is -0.481 e. The highest BCUT2D eigenvalue weighted by Crippen LogP contribution is 2.19. The fourth-order valence-corrected chi connectivity index (χ4v) is 3.56. The molecule has 206 valence electrons. The van der Waals surface area contributed by atoms with Gasteiger partial charge in [-0.3, -0.25) is 24.0 Å². The molecule has 0 fully saturated rings. The Labute approximate surface area is 215 Å². The van der Waals surface area contributed by atoms with Crippen molar-refractivity contribution < 1.29 is 44.1 Å². The zero-order chi connectivity index (χ0) is 28.4. The number of carboxylic acids is 2. The van der Waals surface area contributed by atoms with Gasteiger partial charge in [0.15, 0.2) is 0 Å². The smallest absolute Gasteiger partial charge is 0.326 e. The molecule has 15 heteroatoms. The molecule has 0 saturated carbocycles. The van der Waals surface area contributed by atoms with Crippen molar-refractivity contribution in [2.45, 2.75) is 49.9 Å². The number of nitrogens with two attached hydrogens (primary N) is 2. The molecule has 2 rings (SSSR count). The zero-order valence-corrected chi connectivity index (χ0v) is 20.2. The van der Waals surface area contributed by atoms with Gasteiger partial charge in [0.1, 0.15) is 18.1 Å². The summed E-state index contributed by atoms with van der Waals surface area (Å²) in [7, 11) is 0. The molecule has 2 aromatic rings. The number of benzene rings is 1. The van der Waals surface area contributed by atoms with Gasteiger partial charge in [0.2, 0.25) is 23.6 Å². The van der Waals surface area contributed by atoms with E-state index in [-0.39, 0.29) is 12.8 Å². The van der Waals surface area contributed by atoms with E-state index in [0.717, 1.165) is 10.9 Å². The molecule has 1 heterocycles. The normalized spacial score (nSPS) is 14.1. The summed E-state index contributed by atoms with van der Waals surface area (Å²) in [6.45, 7) is -0.885. The predicted molar refractivity (Wildman–Crippen MR) is 131 cm³/mol. The van der Waals surface area contributed by atoms with Crippen LogP contribution in [0.3, 0.4) is 0 Å². The van der Waals surface area contributed by atoms with E-state index >= 15 is 0 Å². The van der Waals surface area contributed by atoms with Gasteiger partial charge in [0.25, 0.3) is 0 Å². The van der Waals surface area contributed by atoms with E-state index in [9.17, 15) is 39.0 Å². The molecular formula is C23H30N6O9. The minimum atomic E-state index is -1.66. The molecule has 15 nitrogen and oxygen atoms in total. The lowest BCUT2D eigenvalue weighted by molar-refractivity contribution is -0.143. The van der Waals surface area contributed by atoms with Gasteiger partial charge in [-0.05, 0) is 18.1 Å². The number of aliphatic carboxylic acids is 2. The third-order valence-corrected chi connectivity index (χ3v) is 5.57. The topological polar surface area (TPSA) is 267 Å². The fourth-order valence-electron chi connectivity index (χ4n) is 3.56. The zero-order valence-electron chi connectivity index (χ0n) is 20.2. The molecule has 0 spiro atoms. The second-order valence-corrected chi connectivity index (χ2v) is 8.48. The first-order valence-corrected chi connectivity index (χ1v) is 11.5. The maximum atomic E-state index is 13.1. The van der Waals surface area contributed by atoms with Gasteiger partial charge < -0.3 is 47.7 Å². The van der Waals surface area contributed by atoms with Crippen LogP contribution in [-0.4, -0.2) is 86.6 Å². The number of fused-ring (bicyclic) bond motifs is 1. The number of aromatic nitrogens is 1. The number of carboxylic acid groups (broad SMARTS) is 2. The lowest BCUT2D eigenvalue weighted by Gasteiger charge is -2.24. The van der Waals surface area contributed by atoms with Crippen LogP contribution in [0.25, 0.3) is 10.9 Å². The number of aliphatic hydroxyl groups excluding tert-OH is 1. The number of hydrogen-bond acceptors (Lipinski definition) is 8. The number of aromatic amines is 1. The number of rotatable bonds is 15. The summed E-state index contributed by atoms with van der Waals surface area (Å²) in [5.41, 5.74) is 12.0. The van der Waals surface area contributed by atoms with Crippen LogP contribution in [0.4, 0.5) is 0 Å². The second kappa shape index (κ2) is 13.7. The maximum absolute atomic E-state index is 13.1. The molecule has 0 aliphatic carbocycles. The standard InChI is InChI=1S/C23H30N6O9/c24-13(5-6-19(32)33)20(34)29-17(10-30)22(36)27-15(21(35)28-16(23(37)38)8-18(25)31)7-11-9-26-14-4-2-1-3-12(11)14/h1-4,9,13,15-17,26,30H,5-8,10,24H2,(H2,25,31)(H,27,36)(H,28,35)(H,29,34)(H,32,33)(H,37,38). The van der Waals surface area contributed by atoms with Crippen LogP contribution in [0.2, 0.25) is 0 Å². The van der Waals surface area contributed by atoms with Gasteiger partial charge in [-0.15, -0.1) is 0 Å².